The number of pyridine rings is 2. The van der Waals surface area contributed by atoms with Crippen molar-refractivity contribution in [3.8, 4) is 5.69 Å². The molecule has 2 aromatic heterocycles. The third-order valence-electron chi connectivity index (χ3n) is 1.97. The van der Waals surface area contributed by atoms with Gasteiger partial charge < -0.3 is 4.57 Å². The van der Waals surface area contributed by atoms with Crippen molar-refractivity contribution < 1.29 is 8.78 Å². The second kappa shape index (κ2) is 4.02. The first-order valence-corrected chi connectivity index (χ1v) is 4.64. The molecular weight excluding hydrogens is 238 g/mol. The van der Waals surface area contributed by atoms with Crippen molar-refractivity contribution >= 4 is 11.6 Å². The van der Waals surface area contributed by atoms with Gasteiger partial charge in [0, 0.05) is 18.6 Å². The number of aromatic nitrogens is 2. The van der Waals surface area contributed by atoms with E-state index in [2.05, 4.69) is 4.98 Å². The van der Waals surface area contributed by atoms with Gasteiger partial charge in [0.2, 0.25) is 5.43 Å². The van der Waals surface area contributed by atoms with E-state index in [1.807, 2.05) is 0 Å². The quantitative estimate of drug-likeness (QED) is 0.768. The molecule has 0 unspecified atom stereocenters. The van der Waals surface area contributed by atoms with Crippen LogP contribution in [0.25, 0.3) is 5.69 Å². The molecule has 2 aromatic rings. The molecule has 0 aliphatic heterocycles. The molecule has 0 fully saturated rings. The van der Waals surface area contributed by atoms with E-state index in [4.69, 9.17) is 11.6 Å². The summed E-state index contributed by atoms with van der Waals surface area (Å²) in [6.45, 7) is 0. The molecular formula is C10H5ClF2N2O. The Hall–Kier alpha value is -1.75. The number of hydrogen-bond acceptors (Lipinski definition) is 2. The van der Waals surface area contributed by atoms with Crippen molar-refractivity contribution in [3.05, 3.63) is 57.7 Å². The highest BCUT2D eigenvalue weighted by atomic mass is 35.5. The lowest BCUT2D eigenvalue weighted by Crippen LogP contribution is -2.11. The predicted octanol–water partition coefficient (Wildman–Crippen LogP) is 2.16. The third-order valence-corrected chi connectivity index (χ3v) is 2.24. The molecule has 2 rings (SSSR count). The van der Waals surface area contributed by atoms with E-state index in [9.17, 15) is 13.6 Å². The third kappa shape index (κ3) is 1.81. The van der Waals surface area contributed by atoms with Crippen LogP contribution < -0.4 is 5.43 Å². The highest BCUT2D eigenvalue weighted by Crippen LogP contribution is 2.13. The van der Waals surface area contributed by atoms with Gasteiger partial charge in [-0.1, -0.05) is 11.6 Å². The molecule has 0 N–H and O–H groups in total. The lowest BCUT2D eigenvalue weighted by Gasteiger charge is -2.07. The van der Waals surface area contributed by atoms with Crippen molar-refractivity contribution in [3.63, 3.8) is 0 Å². The Morgan fingerprint density at radius 1 is 1.25 bits per heavy atom. The molecule has 0 bridgehead atoms. The molecule has 16 heavy (non-hydrogen) atoms. The lowest BCUT2D eigenvalue weighted by molar-refractivity contribution is 0.591. The van der Waals surface area contributed by atoms with Crippen LogP contribution in [0.15, 0.2) is 35.6 Å². The minimum Gasteiger partial charge on any atom is -0.316 e. The maximum atomic E-state index is 13.3. The average molecular weight is 243 g/mol. The molecule has 0 atom stereocenters. The SMILES string of the molecule is O=c1c(F)cn(-c2ccncc2F)cc1Cl. The summed E-state index contributed by atoms with van der Waals surface area (Å²) in [6, 6.07) is 1.34. The first-order chi connectivity index (χ1) is 7.59. The van der Waals surface area contributed by atoms with Crippen molar-refractivity contribution in [2.24, 2.45) is 0 Å². The second-order valence-corrected chi connectivity index (χ2v) is 3.42. The van der Waals surface area contributed by atoms with Crippen LogP contribution in [0, 0.1) is 11.6 Å². The van der Waals surface area contributed by atoms with E-state index >= 15 is 0 Å². The largest absolute Gasteiger partial charge is 0.316 e. The molecule has 0 saturated carbocycles. The Morgan fingerprint density at radius 3 is 2.62 bits per heavy atom. The zero-order valence-electron chi connectivity index (χ0n) is 7.82. The van der Waals surface area contributed by atoms with Crippen molar-refractivity contribution in [1.29, 1.82) is 0 Å². The van der Waals surface area contributed by atoms with Crippen LogP contribution in [0.5, 0.6) is 0 Å². The van der Waals surface area contributed by atoms with Gasteiger partial charge in [-0.25, -0.2) is 8.78 Å². The minimum atomic E-state index is -1.04. The van der Waals surface area contributed by atoms with Gasteiger partial charge in [-0.05, 0) is 6.07 Å². The van der Waals surface area contributed by atoms with E-state index in [1.165, 1.54) is 12.3 Å². The number of halogens is 3. The second-order valence-electron chi connectivity index (χ2n) is 3.02. The normalized spacial score (nSPS) is 10.4. The summed E-state index contributed by atoms with van der Waals surface area (Å²) in [5.74, 6) is -1.68. The maximum Gasteiger partial charge on any atom is 0.235 e. The van der Waals surface area contributed by atoms with Gasteiger partial charge in [0.25, 0.3) is 0 Å². The molecule has 0 aliphatic carbocycles. The summed E-state index contributed by atoms with van der Waals surface area (Å²) in [5.41, 5.74) is -0.844. The van der Waals surface area contributed by atoms with Crippen LogP contribution in [-0.2, 0) is 0 Å². The first kappa shape index (κ1) is 10.8. The van der Waals surface area contributed by atoms with Crippen LogP contribution >= 0.6 is 11.6 Å². The highest BCUT2D eigenvalue weighted by molar-refractivity contribution is 6.30. The Balaban J connectivity index is 2.67. The van der Waals surface area contributed by atoms with Crippen LogP contribution in [0.2, 0.25) is 5.02 Å². The van der Waals surface area contributed by atoms with Gasteiger partial charge in [-0.15, -0.1) is 0 Å². The van der Waals surface area contributed by atoms with Crippen LogP contribution in [0.4, 0.5) is 8.78 Å². The fourth-order valence-corrected chi connectivity index (χ4v) is 1.42. The van der Waals surface area contributed by atoms with Gasteiger partial charge in [0.1, 0.15) is 5.02 Å². The molecule has 0 saturated heterocycles. The Kier molecular flexibility index (Phi) is 2.70. The van der Waals surface area contributed by atoms with E-state index in [1.54, 1.807) is 0 Å². The van der Waals surface area contributed by atoms with E-state index in [0.29, 0.717) is 0 Å². The van der Waals surface area contributed by atoms with Crippen molar-refractivity contribution in [2.45, 2.75) is 0 Å². The van der Waals surface area contributed by atoms with E-state index in [-0.39, 0.29) is 10.7 Å². The molecule has 0 amide bonds. The zero-order chi connectivity index (χ0) is 11.7. The first-order valence-electron chi connectivity index (χ1n) is 4.27. The summed E-state index contributed by atoms with van der Waals surface area (Å²) < 4.78 is 27.5. The van der Waals surface area contributed by atoms with Gasteiger partial charge in [-0.3, -0.25) is 9.78 Å². The summed E-state index contributed by atoms with van der Waals surface area (Å²) in [5, 5.41) is -0.309. The molecule has 0 spiro atoms. The maximum absolute atomic E-state index is 13.3. The van der Waals surface area contributed by atoms with Crippen LogP contribution in [0.3, 0.4) is 0 Å². The lowest BCUT2D eigenvalue weighted by atomic mass is 10.3. The highest BCUT2D eigenvalue weighted by Gasteiger charge is 2.08. The summed E-state index contributed by atoms with van der Waals surface area (Å²) in [4.78, 5) is 14.6. The smallest absolute Gasteiger partial charge is 0.235 e. The van der Waals surface area contributed by atoms with Crippen molar-refractivity contribution in [1.82, 2.24) is 9.55 Å². The number of hydrogen-bond donors (Lipinski definition) is 0. The fourth-order valence-electron chi connectivity index (χ4n) is 1.23. The molecule has 0 aliphatic rings. The molecule has 82 valence electrons. The van der Waals surface area contributed by atoms with Gasteiger partial charge in [0.05, 0.1) is 11.9 Å². The summed E-state index contributed by atoms with van der Waals surface area (Å²) >= 11 is 5.51. The van der Waals surface area contributed by atoms with Crippen LogP contribution in [-0.4, -0.2) is 9.55 Å². The van der Waals surface area contributed by atoms with E-state index < -0.39 is 17.1 Å². The number of rotatable bonds is 1. The van der Waals surface area contributed by atoms with Gasteiger partial charge in [-0.2, -0.15) is 0 Å². The minimum absolute atomic E-state index is 0.0656. The summed E-state index contributed by atoms with van der Waals surface area (Å²) in [6.07, 6.45) is 4.35. The Labute approximate surface area is 93.9 Å². The fraction of sp³-hybridized carbons (Fsp3) is 0. The topological polar surface area (TPSA) is 34.9 Å². The Bertz CT molecular complexity index is 571. The summed E-state index contributed by atoms with van der Waals surface area (Å²) in [7, 11) is 0. The molecule has 0 radical (unpaired) electrons. The number of nitrogens with zero attached hydrogens (tertiary/aromatic N) is 2. The van der Waals surface area contributed by atoms with Crippen molar-refractivity contribution in [2.75, 3.05) is 0 Å². The van der Waals surface area contributed by atoms with E-state index in [0.717, 1.165) is 23.2 Å². The molecule has 2 heterocycles. The average Bonchev–Trinajstić information content (AvgIpc) is 2.26. The van der Waals surface area contributed by atoms with Gasteiger partial charge in [0.15, 0.2) is 11.6 Å². The molecule has 0 aromatic carbocycles. The van der Waals surface area contributed by atoms with Crippen LogP contribution in [0.1, 0.15) is 0 Å². The van der Waals surface area contributed by atoms with Gasteiger partial charge >= 0.3 is 0 Å². The standard InChI is InChI=1S/C10H5ClF2N2O/c11-6-4-15(5-8(13)10(6)16)9-1-2-14-3-7(9)12/h1-5H. The monoisotopic (exact) mass is 242 g/mol. The molecule has 3 nitrogen and oxygen atoms in total. The Morgan fingerprint density at radius 2 is 2.00 bits per heavy atom. The zero-order valence-corrected chi connectivity index (χ0v) is 8.58. The molecule has 6 heteroatoms. The predicted molar refractivity (Wildman–Crippen MR) is 54.8 cm³/mol.